The summed E-state index contributed by atoms with van der Waals surface area (Å²) >= 11 is 0. The summed E-state index contributed by atoms with van der Waals surface area (Å²) in [4.78, 5) is 11.5. The molecule has 21 heavy (non-hydrogen) atoms. The van der Waals surface area contributed by atoms with Gasteiger partial charge in [0.15, 0.2) is 0 Å². The normalized spacial score (nSPS) is 11.7. The number of carbonyl (C=O) groups excluding carboxylic acids is 1. The Morgan fingerprint density at radius 2 is 1.90 bits per heavy atom. The fourth-order valence-corrected chi connectivity index (χ4v) is 2.00. The molecule has 1 atom stereocenters. The molecule has 0 aliphatic heterocycles. The second-order valence-corrected chi connectivity index (χ2v) is 4.70. The number of carbonyl (C=O) groups is 1. The standard InChI is InChI=1S/C17H19NO3/c1-20-17(19)14-8-5-9-15(12-14)21-16(18)11-10-13-6-3-2-4-7-13/h2-9,12,16H,10-11,18H2,1H3. The van der Waals surface area contributed by atoms with E-state index in [9.17, 15) is 4.79 Å². The van der Waals surface area contributed by atoms with Crippen molar-refractivity contribution >= 4 is 5.97 Å². The highest BCUT2D eigenvalue weighted by atomic mass is 16.5. The molecule has 0 radical (unpaired) electrons. The van der Waals surface area contributed by atoms with Crippen molar-refractivity contribution in [2.24, 2.45) is 5.73 Å². The van der Waals surface area contributed by atoms with Crippen molar-refractivity contribution in [3.8, 4) is 5.75 Å². The van der Waals surface area contributed by atoms with Gasteiger partial charge in [-0.3, -0.25) is 5.73 Å². The smallest absolute Gasteiger partial charge is 0.337 e. The number of nitrogens with two attached hydrogens (primary N) is 1. The van der Waals surface area contributed by atoms with Gasteiger partial charge in [-0.25, -0.2) is 4.79 Å². The Morgan fingerprint density at radius 3 is 2.62 bits per heavy atom. The van der Waals surface area contributed by atoms with Crippen molar-refractivity contribution in [1.29, 1.82) is 0 Å². The number of benzene rings is 2. The van der Waals surface area contributed by atoms with E-state index in [4.69, 9.17) is 10.5 Å². The first-order chi connectivity index (χ1) is 10.2. The van der Waals surface area contributed by atoms with Gasteiger partial charge in [-0.15, -0.1) is 0 Å². The van der Waals surface area contributed by atoms with Gasteiger partial charge in [0, 0.05) is 6.42 Å². The van der Waals surface area contributed by atoms with Crippen LogP contribution in [-0.4, -0.2) is 19.3 Å². The van der Waals surface area contributed by atoms with Crippen LogP contribution in [0, 0.1) is 0 Å². The van der Waals surface area contributed by atoms with E-state index < -0.39 is 12.2 Å². The van der Waals surface area contributed by atoms with E-state index in [2.05, 4.69) is 16.9 Å². The summed E-state index contributed by atoms with van der Waals surface area (Å²) in [6.45, 7) is 0. The van der Waals surface area contributed by atoms with Gasteiger partial charge >= 0.3 is 5.97 Å². The first-order valence-corrected chi connectivity index (χ1v) is 6.83. The van der Waals surface area contributed by atoms with E-state index in [1.54, 1.807) is 24.3 Å². The molecular weight excluding hydrogens is 266 g/mol. The number of ether oxygens (including phenoxy) is 2. The third kappa shape index (κ3) is 4.61. The Morgan fingerprint density at radius 1 is 1.14 bits per heavy atom. The Bertz CT molecular complexity index is 584. The van der Waals surface area contributed by atoms with Crippen LogP contribution in [0.15, 0.2) is 54.6 Å². The zero-order chi connectivity index (χ0) is 15.1. The molecule has 2 aromatic carbocycles. The number of hydrogen-bond donors (Lipinski definition) is 1. The molecule has 2 aromatic rings. The maximum Gasteiger partial charge on any atom is 0.337 e. The number of esters is 1. The van der Waals surface area contributed by atoms with Crippen LogP contribution < -0.4 is 10.5 Å². The SMILES string of the molecule is COC(=O)c1cccc(OC(N)CCc2ccccc2)c1. The van der Waals surface area contributed by atoms with Crippen LogP contribution in [-0.2, 0) is 11.2 Å². The Balaban J connectivity index is 1.90. The first kappa shape index (κ1) is 15.1. The van der Waals surface area contributed by atoms with Gasteiger partial charge in [0.1, 0.15) is 12.0 Å². The average Bonchev–Trinajstić information content (AvgIpc) is 2.53. The molecule has 0 saturated carbocycles. The molecule has 0 saturated heterocycles. The fraction of sp³-hybridized carbons (Fsp3) is 0.235. The predicted octanol–water partition coefficient (Wildman–Crippen LogP) is 2.77. The minimum Gasteiger partial charge on any atom is -0.476 e. The average molecular weight is 285 g/mol. The van der Waals surface area contributed by atoms with Crippen molar-refractivity contribution in [3.05, 3.63) is 65.7 Å². The molecular formula is C17H19NO3. The van der Waals surface area contributed by atoms with Crippen LogP contribution in [0.5, 0.6) is 5.75 Å². The molecule has 0 aromatic heterocycles. The number of aryl methyl sites for hydroxylation is 1. The van der Waals surface area contributed by atoms with Gasteiger partial charge in [0.05, 0.1) is 12.7 Å². The Hall–Kier alpha value is -2.33. The largest absolute Gasteiger partial charge is 0.476 e. The molecule has 0 spiro atoms. The van der Waals surface area contributed by atoms with E-state index in [1.807, 2.05) is 18.2 Å². The summed E-state index contributed by atoms with van der Waals surface area (Å²) < 4.78 is 10.3. The van der Waals surface area contributed by atoms with E-state index in [0.29, 0.717) is 17.7 Å². The summed E-state index contributed by atoms with van der Waals surface area (Å²) in [5, 5.41) is 0. The third-order valence-corrected chi connectivity index (χ3v) is 3.10. The highest BCUT2D eigenvalue weighted by Gasteiger charge is 2.09. The van der Waals surface area contributed by atoms with Crippen LogP contribution in [0.2, 0.25) is 0 Å². The molecule has 1 unspecified atom stereocenters. The molecule has 2 N–H and O–H groups in total. The Labute approximate surface area is 124 Å². The van der Waals surface area contributed by atoms with E-state index >= 15 is 0 Å². The molecule has 0 heterocycles. The first-order valence-electron chi connectivity index (χ1n) is 6.83. The van der Waals surface area contributed by atoms with Gasteiger partial charge in [0.2, 0.25) is 0 Å². The van der Waals surface area contributed by atoms with Gasteiger partial charge in [0.25, 0.3) is 0 Å². The summed E-state index contributed by atoms with van der Waals surface area (Å²) in [5.41, 5.74) is 7.65. The van der Waals surface area contributed by atoms with Crippen LogP contribution in [0.4, 0.5) is 0 Å². The van der Waals surface area contributed by atoms with E-state index in [1.165, 1.54) is 12.7 Å². The van der Waals surface area contributed by atoms with Crippen molar-refractivity contribution in [1.82, 2.24) is 0 Å². The number of rotatable bonds is 6. The van der Waals surface area contributed by atoms with Crippen molar-refractivity contribution in [3.63, 3.8) is 0 Å². The molecule has 0 aliphatic rings. The highest BCUT2D eigenvalue weighted by Crippen LogP contribution is 2.16. The van der Waals surface area contributed by atoms with Crippen molar-refractivity contribution in [2.75, 3.05) is 7.11 Å². The summed E-state index contributed by atoms with van der Waals surface area (Å²) in [7, 11) is 1.35. The Kier molecular flexibility index (Phi) is 5.35. The zero-order valence-corrected chi connectivity index (χ0v) is 12.0. The maximum atomic E-state index is 11.5. The molecule has 0 amide bonds. The quantitative estimate of drug-likeness (QED) is 0.655. The highest BCUT2D eigenvalue weighted by molar-refractivity contribution is 5.89. The lowest BCUT2D eigenvalue weighted by Gasteiger charge is -2.15. The van der Waals surface area contributed by atoms with E-state index in [-0.39, 0.29) is 0 Å². The van der Waals surface area contributed by atoms with Crippen molar-refractivity contribution < 1.29 is 14.3 Å². The number of methoxy groups -OCH3 is 1. The molecule has 4 heteroatoms. The van der Waals surface area contributed by atoms with Gasteiger partial charge < -0.3 is 9.47 Å². The van der Waals surface area contributed by atoms with Crippen LogP contribution in [0.3, 0.4) is 0 Å². The van der Waals surface area contributed by atoms with Crippen LogP contribution in [0.25, 0.3) is 0 Å². The second kappa shape index (κ2) is 7.45. The fourth-order valence-electron chi connectivity index (χ4n) is 2.00. The van der Waals surface area contributed by atoms with E-state index in [0.717, 1.165) is 6.42 Å². The lowest BCUT2D eigenvalue weighted by atomic mass is 10.1. The maximum absolute atomic E-state index is 11.5. The summed E-state index contributed by atoms with van der Waals surface area (Å²) in [6, 6.07) is 16.9. The molecule has 0 aliphatic carbocycles. The lowest BCUT2D eigenvalue weighted by molar-refractivity contribution is 0.0600. The second-order valence-electron chi connectivity index (χ2n) is 4.70. The van der Waals surface area contributed by atoms with Gasteiger partial charge in [-0.1, -0.05) is 36.4 Å². The number of hydrogen-bond acceptors (Lipinski definition) is 4. The minimum absolute atomic E-state index is 0.390. The predicted molar refractivity (Wildman–Crippen MR) is 81.1 cm³/mol. The van der Waals surface area contributed by atoms with Crippen LogP contribution >= 0.6 is 0 Å². The molecule has 0 bridgehead atoms. The topological polar surface area (TPSA) is 61.5 Å². The van der Waals surface area contributed by atoms with Gasteiger partial charge in [-0.2, -0.15) is 0 Å². The van der Waals surface area contributed by atoms with Gasteiger partial charge in [-0.05, 0) is 30.2 Å². The lowest BCUT2D eigenvalue weighted by Crippen LogP contribution is -2.27. The molecule has 110 valence electrons. The molecule has 4 nitrogen and oxygen atoms in total. The zero-order valence-electron chi connectivity index (χ0n) is 12.0. The van der Waals surface area contributed by atoms with Crippen molar-refractivity contribution in [2.45, 2.75) is 19.1 Å². The summed E-state index contributed by atoms with van der Waals surface area (Å²) in [6.07, 6.45) is 1.13. The summed E-state index contributed by atoms with van der Waals surface area (Å²) in [5.74, 6) is 0.178. The minimum atomic E-state index is -0.418. The van der Waals surface area contributed by atoms with Crippen LogP contribution in [0.1, 0.15) is 22.3 Å². The third-order valence-electron chi connectivity index (χ3n) is 3.10. The molecule has 2 rings (SSSR count). The monoisotopic (exact) mass is 285 g/mol. The molecule has 0 fully saturated rings.